The van der Waals surface area contributed by atoms with Gasteiger partial charge in [-0.1, -0.05) is 149 Å². The van der Waals surface area contributed by atoms with Crippen molar-refractivity contribution in [2.24, 2.45) is 11.3 Å². The predicted molar refractivity (Wildman–Crippen MR) is 216 cm³/mol. The van der Waals surface area contributed by atoms with Crippen molar-refractivity contribution in [2.75, 3.05) is 39.5 Å². The van der Waals surface area contributed by atoms with E-state index in [0.29, 0.717) is 37.4 Å². The number of carbonyl (C=O) groups is 2. The van der Waals surface area contributed by atoms with E-state index in [1.807, 2.05) is 0 Å². The smallest absolute Gasteiger partial charge is 0.305 e. The summed E-state index contributed by atoms with van der Waals surface area (Å²) in [6.07, 6.45) is 37.9. The monoisotopic (exact) mass is 722 g/mol. The molecule has 0 aromatic carbocycles. The van der Waals surface area contributed by atoms with Crippen molar-refractivity contribution < 1.29 is 24.2 Å². The molecule has 0 spiro atoms. The molecular formula is C45H87NO5. The van der Waals surface area contributed by atoms with Gasteiger partial charge in [0.05, 0.1) is 19.8 Å². The van der Waals surface area contributed by atoms with Gasteiger partial charge in [-0.15, -0.1) is 0 Å². The Morgan fingerprint density at radius 2 is 1.00 bits per heavy atom. The fraction of sp³-hybridized carbons (Fsp3) is 0.956. The molecule has 1 aliphatic rings. The van der Waals surface area contributed by atoms with E-state index in [0.717, 1.165) is 64.6 Å². The Kier molecular flexibility index (Phi) is 32.5. The summed E-state index contributed by atoms with van der Waals surface area (Å²) >= 11 is 0. The summed E-state index contributed by atoms with van der Waals surface area (Å²) in [6.45, 7) is 11.0. The molecule has 0 saturated heterocycles. The first-order valence-corrected chi connectivity index (χ1v) is 22.6. The van der Waals surface area contributed by atoms with Crippen molar-refractivity contribution in [1.82, 2.24) is 4.90 Å². The highest BCUT2D eigenvalue weighted by atomic mass is 16.5. The third-order valence-electron chi connectivity index (χ3n) is 11.5. The molecule has 51 heavy (non-hydrogen) atoms. The molecule has 302 valence electrons. The molecule has 1 aliphatic carbocycles. The molecule has 1 saturated carbocycles. The van der Waals surface area contributed by atoms with E-state index >= 15 is 0 Å². The van der Waals surface area contributed by atoms with E-state index < -0.39 is 0 Å². The second-order valence-electron chi connectivity index (χ2n) is 16.3. The van der Waals surface area contributed by atoms with Crippen LogP contribution in [0.15, 0.2) is 0 Å². The standard InChI is InChI=1S/C45H87NO5/c1-4-7-10-13-14-18-23-30-43(48)50-40-35-45(33-34-45)32-25-27-37-46(38-39-47)36-26-20-15-19-24-31-44(49)51-41-42(28-21-16-11-8-5-2)29-22-17-12-9-6-3/h42,47H,4-41H2,1-3H3. The Bertz CT molecular complexity index is 771. The summed E-state index contributed by atoms with van der Waals surface area (Å²) in [4.78, 5) is 27.1. The lowest BCUT2D eigenvalue weighted by Gasteiger charge is -2.22. The molecular weight excluding hydrogens is 634 g/mol. The maximum Gasteiger partial charge on any atom is 0.305 e. The number of ether oxygens (including phenoxy) is 2. The number of nitrogens with zero attached hydrogens (tertiary/aromatic N) is 1. The van der Waals surface area contributed by atoms with Crippen LogP contribution in [0.2, 0.25) is 0 Å². The van der Waals surface area contributed by atoms with Crippen LogP contribution >= 0.6 is 0 Å². The molecule has 0 amide bonds. The fourth-order valence-corrected chi connectivity index (χ4v) is 7.60. The molecule has 0 aromatic heterocycles. The molecule has 0 radical (unpaired) electrons. The average molecular weight is 722 g/mol. The average Bonchev–Trinajstić information content (AvgIpc) is 3.90. The van der Waals surface area contributed by atoms with Crippen molar-refractivity contribution in [3.05, 3.63) is 0 Å². The van der Waals surface area contributed by atoms with Gasteiger partial charge in [-0.2, -0.15) is 0 Å². The second kappa shape index (κ2) is 34.6. The van der Waals surface area contributed by atoms with E-state index in [1.165, 1.54) is 148 Å². The van der Waals surface area contributed by atoms with Crippen LogP contribution in [0.4, 0.5) is 0 Å². The molecule has 1 rings (SSSR count). The Morgan fingerprint density at radius 3 is 1.51 bits per heavy atom. The second-order valence-corrected chi connectivity index (χ2v) is 16.3. The quantitative estimate of drug-likeness (QED) is 0.0501. The summed E-state index contributed by atoms with van der Waals surface area (Å²) in [5.74, 6) is 0.529. The van der Waals surface area contributed by atoms with Crippen LogP contribution in [0.25, 0.3) is 0 Å². The third kappa shape index (κ3) is 29.9. The van der Waals surface area contributed by atoms with Gasteiger partial charge in [0.1, 0.15) is 0 Å². The van der Waals surface area contributed by atoms with E-state index in [2.05, 4.69) is 25.7 Å². The SMILES string of the molecule is CCCCCCCCCC(=O)OCCC1(CCCCN(CCO)CCCCCCCC(=O)OCC(CCCCCCC)CCCCCCC)CC1. The number of carbonyl (C=O) groups excluding carboxylic acids is 2. The number of rotatable bonds is 40. The Balaban J connectivity index is 2.11. The predicted octanol–water partition coefficient (Wildman–Crippen LogP) is 12.5. The molecule has 0 aliphatic heterocycles. The molecule has 6 nitrogen and oxygen atoms in total. The van der Waals surface area contributed by atoms with E-state index in [4.69, 9.17) is 9.47 Å². The number of hydrogen-bond acceptors (Lipinski definition) is 6. The summed E-state index contributed by atoms with van der Waals surface area (Å²) in [7, 11) is 0. The number of esters is 2. The number of aliphatic hydroxyl groups is 1. The van der Waals surface area contributed by atoms with Gasteiger partial charge in [-0.3, -0.25) is 9.59 Å². The molecule has 6 heteroatoms. The maximum absolute atomic E-state index is 12.5. The molecule has 0 atom stereocenters. The first-order chi connectivity index (χ1) is 25.0. The normalized spacial score (nSPS) is 13.7. The van der Waals surface area contributed by atoms with Crippen LogP contribution in [0.5, 0.6) is 0 Å². The summed E-state index contributed by atoms with van der Waals surface area (Å²) in [5, 5.41) is 9.61. The number of hydrogen-bond donors (Lipinski definition) is 1. The van der Waals surface area contributed by atoms with Gasteiger partial charge in [0.15, 0.2) is 0 Å². The third-order valence-corrected chi connectivity index (χ3v) is 11.5. The lowest BCUT2D eigenvalue weighted by molar-refractivity contribution is -0.145. The van der Waals surface area contributed by atoms with Gasteiger partial charge in [-0.25, -0.2) is 0 Å². The lowest BCUT2D eigenvalue weighted by Crippen LogP contribution is -2.29. The van der Waals surface area contributed by atoms with Gasteiger partial charge in [-0.05, 0) is 88.6 Å². The van der Waals surface area contributed by atoms with Crippen molar-refractivity contribution in [1.29, 1.82) is 0 Å². The molecule has 0 bridgehead atoms. The minimum absolute atomic E-state index is 0.00104. The molecule has 0 unspecified atom stereocenters. The fourth-order valence-electron chi connectivity index (χ4n) is 7.60. The minimum Gasteiger partial charge on any atom is -0.466 e. The largest absolute Gasteiger partial charge is 0.466 e. The first-order valence-electron chi connectivity index (χ1n) is 22.6. The van der Waals surface area contributed by atoms with Crippen LogP contribution in [0.3, 0.4) is 0 Å². The molecule has 0 aromatic rings. The zero-order valence-electron chi connectivity index (χ0n) is 34.5. The summed E-state index contributed by atoms with van der Waals surface area (Å²) in [5.41, 5.74) is 0.414. The molecule has 1 fully saturated rings. The van der Waals surface area contributed by atoms with Crippen LogP contribution in [-0.2, 0) is 19.1 Å². The van der Waals surface area contributed by atoms with Gasteiger partial charge in [0.2, 0.25) is 0 Å². The Morgan fingerprint density at radius 1 is 0.549 bits per heavy atom. The van der Waals surface area contributed by atoms with E-state index in [9.17, 15) is 14.7 Å². The van der Waals surface area contributed by atoms with Crippen molar-refractivity contribution in [3.63, 3.8) is 0 Å². The highest BCUT2D eigenvalue weighted by molar-refractivity contribution is 5.69. The Hall–Kier alpha value is -1.14. The molecule has 0 heterocycles. The van der Waals surface area contributed by atoms with Crippen LogP contribution < -0.4 is 0 Å². The topological polar surface area (TPSA) is 76.1 Å². The summed E-state index contributed by atoms with van der Waals surface area (Å²) < 4.78 is 11.4. The van der Waals surface area contributed by atoms with Gasteiger partial charge in [0.25, 0.3) is 0 Å². The number of aliphatic hydroxyl groups excluding tert-OH is 1. The van der Waals surface area contributed by atoms with Crippen LogP contribution in [0, 0.1) is 11.3 Å². The minimum atomic E-state index is -0.00707. The number of unbranched alkanes of at least 4 members (excludes halogenated alkanes) is 19. The van der Waals surface area contributed by atoms with Crippen molar-refractivity contribution in [2.45, 2.75) is 226 Å². The first kappa shape index (κ1) is 47.9. The van der Waals surface area contributed by atoms with Gasteiger partial charge >= 0.3 is 11.9 Å². The van der Waals surface area contributed by atoms with E-state index in [1.54, 1.807) is 0 Å². The van der Waals surface area contributed by atoms with Gasteiger partial charge < -0.3 is 19.5 Å². The van der Waals surface area contributed by atoms with Crippen molar-refractivity contribution in [3.8, 4) is 0 Å². The van der Waals surface area contributed by atoms with Crippen molar-refractivity contribution >= 4 is 11.9 Å². The summed E-state index contributed by atoms with van der Waals surface area (Å²) in [6, 6.07) is 0. The maximum atomic E-state index is 12.5. The highest BCUT2D eigenvalue weighted by Gasteiger charge is 2.41. The highest BCUT2D eigenvalue weighted by Crippen LogP contribution is 2.52. The van der Waals surface area contributed by atoms with Crippen LogP contribution in [0.1, 0.15) is 226 Å². The van der Waals surface area contributed by atoms with Gasteiger partial charge in [0, 0.05) is 19.4 Å². The zero-order chi connectivity index (χ0) is 37.1. The van der Waals surface area contributed by atoms with Crippen LogP contribution in [-0.4, -0.2) is 61.4 Å². The Labute approximate surface area is 317 Å². The zero-order valence-corrected chi connectivity index (χ0v) is 34.5. The molecule has 1 N–H and O–H groups in total. The van der Waals surface area contributed by atoms with E-state index in [-0.39, 0.29) is 18.5 Å². The lowest BCUT2D eigenvalue weighted by atomic mass is 9.95.